The number of halogens is 12. The summed E-state index contributed by atoms with van der Waals surface area (Å²) < 4.78 is 236. The van der Waals surface area contributed by atoms with E-state index in [0.29, 0.717) is 92.1 Å². The Hall–Kier alpha value is -12.6. The van der Waals surface area contributed by atoms with E-state index in [1.807, 2.05) is 184 Å². The van der Waals surface area contributed by atoms with Gasteiger partial charge in [-0.2, -0.15) is 115 Å². The van der Waals surface area contributed by atoms with Crippen molar-refractivity contribution in [1.82, 2.24) is 141 Å². The summed E-state index contributed by atoms with van der Waals surface area (Å²) in [6, 6.07) is 29.2. The molecule has 66 heteroatoms. The Bertz CT molecular complexity index is 5590. The molecule has 0 amide bonds. The van der Waals surface area contributed by atoms with Crippen LogP contribution in [0.15, 0.2) is 72.8 Å². The maximum Gasteiger partial charge on any atom is 0.485 e. The van der Waals surface area contributed by atoms with Gasteiger partial charge < -0.3 is 40.1 Å². The number of hydrogen-bond acceptors (Lipinski definition) is 44. The minimum Gasteiger partial charge on any atom is -2.00 e. The van der Waals surface area contributed by atoms with Crippen LogP contribution in [0.4, 0.5) is 52.7 Å². The van der Waals surface area contributed by atoms with Crippen LogP contribution in [0.2, 0.25) is 0 Å². The molecule has 744 valence electrons. The molecule has 0 atom stereocenters. The molecule has 0 unspecified atom stereocenters. The summed E-state index contributed by atoms with van der Waals surface area (Å²) in [7, 11) is -24.4. The summed E-state index contributed by atoms with van der Waals surface area (Å²) >= 11 is 0. The average molecular weight is 2470 g/mol. The normalized spacial score (nSPS) is 10.3. The quantitative estimate of drug-likeness (QED) is 0.0775. The van der Waals surface area contributed by atoms with Gasteiger partial charge in [0.2, 0.25) is 46.6 Å². The van der Waals surface area contributed by atoms with E-state index in [0.717, 1.165) is 91.1 Å². The van der Waals surface area contributed by atoms with E-state index in [9.17, 15) is 52.7 Å². The van der Waals surface area contributed by atoms with Crippen molar-refractivity contribution in [3.05, 3.63) is 164 Å². The Morgan fingerprint density at radius 3 is 0.355 bits per heavy atom. The third kappa shape index (κ3) is 46.5. The minimum absolute atomic E-state index is 0. The van der Waals surface area contributed by atoms with Crippen molar-refractivity contribution in [3.63, 3.8) is 0 Å². The molecule has 0 bridgehead atoms. The van der Waals surface area contributed by atoms with Crippen LogP contribution in [-0.2, 0) is 62.4 Å². The molecule has 12 heterocycles. The fraction of sp³-hybridized carbons (Fsp3) is 0.333. The second-order valence-corrected chi connectivity index (χ2v) is 30.1. The second kappa shape index (κ2) is 61.6. The van der Waals surface area contributed by atoms with Crippen molar-refractivity contribution in [2.24, 2.45) is 0 Å². The summed E-state index contributed by atoms with van der Waals surface area (Å²) in [6.45, 7) is 35.9. The first-order valence-corrected chi connectivity index (χ1v) is 41.1. The van der Waals surface area contributed by atoms with Gasteiger partial charge in [0.05, 0.1) is 115 Å². The number of nitrogens with zero attached hydrogens (tertiary/aromatic N) is 32. The van der Waals surface area contributed by atoms with Crippen LogP contribution < -0.4 is 0 Å². The molecule has 0 spiro atoms. The fourth-order valence-corrected chi connectivity index (χ4v) is 7.26. The third-order valence-electron chi connectivity index (χ3n) is 14.7. The molecular weight excluding hydrogens is 2400 g/mol. The van der Waals surface area contributed by atoms with E-state index >= 15 is 0 Å². The number of nitriles is 4. The number of hydrogen-bond donors (Lipinski definition) is 0. The Kier molecular flexibility index (Phi) is 60.7. The minimum atomic E-state index is -6.09. The van der Waals surface area contributed by atoms with Crippen LogP contribution in [0.1, 0.15) is 119 Å². The number of rotatable bonds is 8. The molecule has 12 aromatic heterocycles. The molecule has 0 aliphatic heterocycles. The van der Waals surface area contributed by atoms with Gasteiger partial charge in [0.25, 0.3) is 0 Å². The Labute approximate surface area is 826 Å². The first kappa shape index (κ1) is 136. The molecule has 0 N–H and O–H groups in total. The first-order valence-electron chi connectivity index (χ1n) is 35.5. The molecule has 0 radical (unpaired) electrons. The van der Waals surface area contributed by atoms with E-state index < -0.39 is 62.5 Å². The fourth-order valence-electron chi connectivity index (χ4n) is 7.26. The molecule has 0 aliphatic rings. The van der Waals surface area contributed by atoms with E-state index in [2.05, 4.69) is 141 Å². The molecule has 0 aromatic carbocycles. The number of aromatic nitrogens is 28. The standard InChI is InChI=1S/4C15H15N7.4C2H3N.4CHF3O3S.4O.2U/c4*1-8-10(3)19-21-14(16-8)12-6-5-7-13(18-12)15-17-9(2)11(4)20-22-15;4*1-2-3;4*2-1(3,4)8(5,6)7;;;;;;/h4*5-7H,1-4H3;4*1H3;4*(H,5,6,7);;;;;;/q;;;;;;;;;;;;4*-2;;/p-4. The van der Waals surface area contributed by atoms with Crippen LogP contribution >= 0.6 is 0 Å². The Morgan fingerprint density at radius 1 is 0.210 bits per heavy atom. The molecule has 0 fully saturated rings. The number of pyridine rings is 4. The number of aryl methyl sites for hydroxylation is 16. The zero-order valence-corrected chi connectivity index (χ0v) is 86.5. The molecule has 12 aromatic rings. The maximum absolute atomic E-state index is 10.7. The van der Waals surface area contributed by atoms with Crippen molar-refractivity contribution in [1.29, 1.82) is 21.0 Å². The van der Waals surface area contributed by atoms with Crippen molar-refractivity contribution >= 4 is 40.5 Å². The predicted molar refractivity (Wildman–Crippen MR) is 434 cm³/mol. The van der Waals surface area contributed by atoms with Crippen LogP contribution in [0, 0.1) is 218 Å². The summed E-state index contributed by atoms with van der Waals surface area (Å²) in [5.41, 5.74) is -4.38. The molecule has 12 rings (SSSR count). The molecule has 0 aliphatic carbocycles. The smallest absolute Gasteiger partial charge is 0.485 e. The van der Waals surface area contributed by atoms with Gasteiger partial charge in [-0.3, -0.25) is 0 Å². The van der Waals surface area contributed by atoms with Gasteiger partial charge in [0, 0.05) is 89.9 Å². The molecule has 0 saturated heterocycles. The van der Waals surface area contributed by atoms with E-state index in [-0.39, 0.29) is 84.1 Å². The maximum atomic E-state index is 10.7. The van der Waals surface area contributed by atoms with Crippen LogP contribution in [0.25, 0.3) is 92.1 Å². The van der Waals surface area contributed by atoms with E-state index in [1.165, 1.54) is 27.7 Å². The predicted octanol–water partition coefficient (Wildman–Crippen LogP) is 9.93. The van der Waals surface area contributed by atoms with Crippen molar-refractivity contribution < 1.29 is 189 Å². The van der Waals surface area contributed by atoms with E-state index in [4.69, 9.17) is 72.9 Å². The van der Waals surface area contributed by atoms with Crippen molar-refractivity contribution in [3.8, 4) is 116 Å². The zero-order chi connectivity index (χ0) is 102. The van der Waals surface area contributed by atoms with Crippen LogP contribution in [0.3, 0.4) is 0 Å². The summed E-state index contributed by atoms with van der Waals surface area (Å²) in [5.74, 6) is 3.90. The largest absolute Gasteiger partial charge is 2.00 e. The van der Waals surface area contributed by atoms with Crippen molar-refractivity contribution in [2.45, 2.75) is 161 Å². The molecule has 0 saturated carbocycles. The van der Waals surface area contributed by atoms with Gasteiger partial charge in [-0.05, 0) is 159 Å². The van der Waals surface area contributed by atoms with Crippen LogP contribution in [-0.4, -0.2) is 215 Å². The summed E-state index contributed by atoms with van der Waals surface area (Å²) in [4.78, 5) is 53.4. The topological polar surface area (TPSA) is 799 Å². The average Bonchev–Trinajstić information content (AvgIpc) is 0.823. The van der Waals surface area contributed by atoms with Crippen LogP contribution in [0.5, 0.6) is 0 Å². The van der Waals surface area contributed by atoms with Gasteiger partial charge in [-0.25, -0.2) is 93.5 Å². The van der Waals surface area contributed by atoms with Crippen molar-refractivity contribution in [2.75, 3.05) is 0 Å². The molecule has 48 nitrogen and oxygen atoms in total. The second-order valence-electron chi connectivity index (χ2n) is 24.6. The van der Waals surface area contributed by atoms with Gasteiger partial charge in [-0.15, -0.1) is 40.8 Å². The Balaban J connectivity index is -0.000000364. The molecular formula is C72H72F12N32O16S4U2-12. The Morgan fingerprint density at radius 2 is 0.290 bits per heavy atom. The third-order valence-corrected chi connectivity index (χ3v) is 17.0. The van der Waals surface area contributed by atoms with Gasteiger partial charge in [0.15, 0.2) is 40.5 Å². The van der Waals surface area contributed by atoms with Gasteiger partial charge in [-0.1, -0.05) is 24.3 Å². The van der Waals surface area contributed by atoms with E-state index in [1.54, 1.807) is 24.3 Å². The zero-order valence-electron chi connectivity index (χ0n) is 74.9. The first-order chi connectivity index (χ1) is 60.8. The molecule has 138 heavy (non-hydrogen) atoms. The van der Waals surface area contributed by atoms with Gasteiger partial charge >= 0.3 is 22.0 Å². The van der Waals surface area contributed by atoms with Gasteiger partial charge in [0.1, 0.15) is 45.6 Å². The summed E-state index contributed by atoms with van der Waals surface area (Å²) in [6.07, 6.45) is 0. The monoisotopic (exact) mass is 2470 g/mol. The number of alkyl halides is 12. The summed E-state index contributed by atoms with van der Waals surface area (Å²) in [5, 5.41) is 94.7. The SMILES string of the molecule is CC#N.CC#N.CC#N.CC#N.Cc1nnc(-c2cccc(-c3nnc(C)c(C)n3)n2)nc1C.Cc1nnc(-c2cccc(-c3nnc(C)c(C)n3)n2)nc1C.Cc1nnc(-c2cccc(-c3nnc(C)c(C)n3)n2)nc1C.Cc1nnc(-c2cccc(-c3nnc(C)c(C)n3)n2)nc1C.O=S(=O)([O-])C(F)(F)F.O=S(=O)([O-])C(F)(F)F.O=S(=O)([O-])C(F)(F)F.O=S(=O)([O-])C(F)(F)F.[O-2].[O-2].[O-2].[O-2].[U].[U].